The van der Waals surface area contributed by atoms with Gasteiger partial charge in [0.1, 0.15) is 0 Å². The number of nitrogens with zero attached hydrogens (tertiary/aromatic N) is 2. The highest BCUT2D eigenvalue weighted by Crippen LogP contribution is 2.27. The zero-order valence-electron chi connectivity index (χ0n) is 16.5. The molecule has 0 N–H and O–H groups in total. The predicted molar refractivity (Wildman–Crippen MR) is 111 cm³/mol. The lowest BCUT2D eigenvalue weighted by Gasteiger charge is -2.37. The molecule has 2 amide bonds. The normalized spacial score (nSPS) is 18.6. The van der Waals surface area contributed by atoms with E-state index < -0.39 is 0 Å². The molecule has 0 unspecified atom stereocenters. The van der Waals surface area contributed by atoms with Crippen LogP contribution in [0.3, 0.4) is 0 Å². The van der Waals surface area contributed by atoms with Crippen LogP contribution < -0.4 is 0 Å². The number of rotatable bonds is 4. The van der Waals surface area contributed by atoms with E-state index in [1.165, 1.54) is 0 Å². The summed E-state index contributed by atoms with van der Waals surface area (Å²) in [6, 6.07) is 4.85. The maximum Gasteiger partial charge on any atom is 0.309 e. The number of benzene rings is 1. The third kappa shape index (κ3) is 5.23. The monoisotopic (exact) mass is 440 g/mol. The summed E-state index contributed by atoms with van der Waals surface area (Å²) in [5.41, 5.74) is 0.432. The van der Waals surface area contributed by atoms with Gasteiger partial charge in [-0.05, 0) is 50.8 Å². The Balaban J connectivity index is 1.50. The van der Waals surface area contributed by atoms with Gasteiger partial charge in [0.2, 0.25) is 5.91 Å². The number of ether oxygens (including phenoxy) is 1. The molecule has 0 aliphatic carbocycles. The highest BCUT2D eigenvalue weighted by Gasteiger charge is 2.34. The van der Waals surface area contributed by atoms with E-state index in [2.05, 4.69) is 0 Å². The van der Waals surface area contributed by atoms with Crippen LogP contribution in [0.1, 0.15) is 43.0 Å². The summed E-state index contributed by atoms with van der Waals surface area (Å²) in [5, 5.41) is 0.827. The Hall–Kier alpha value is -1.79. The van der Waals surface area contributed by atoms with Gasteiger partial charge in [-0.2, -0.15) is 0 Å². The van der Waals surface area contributed by atoms with Crippen LogP contribution in [0, 0.1) is 11.8 Å². The molecule has 2 aliphatic heterocycles. The minimum absolute atomic E-state index is 0.0844. The van der Waals surface area contributed by atoms with Gasteiger partial charge in [-0.15, -0.1) is 0 Å². The van der Waals surface area contributed by atoms with Crippen LogP contribution in [-0.2, 0) is 14.3 Å². The molecule has 0 saturated carbocycles. The van der Waals surface area contributed by atoms with Crippen LogP contribution in [0.4, 0.5) is 0 Å². The lowest BCUT2D eigenvalue weighted by molar-refractivity contribution is -0.152. The summed E-state index contributed by atoms with van der Waals surface area (Å²) in [4.78, 5) is 41.0. The first-order valence-corrected chi connectivity index (χ1v) is 10.9. The molecule has 0 spiro atoms. The number of carbonyl (C=O) groups is 3. The lowest BCUT2D eigenvalue weighted by Crippen LogP contribution is -2.47. The molecule has 1 aromatic rings. The second kappa shape index (κ2) is 9.81. The minimum Gasteiger partial charge on any atom is -0.466 e. The summed E-state index contributed by atoms with van der Waals surface area (Å²) < 4.78 is 5.08. The van der Waals surface area contributed by atoms with Crippen molar-refractivity contribution in [2.75, 3.05) is 32.8 Å². The van der Waals surface area contributed by atoms with Gasteiger partial charge in [-0.3, -0.25) is 14.4 Å². The van der Waals surface area contributed by atoms with Gasteiger partial charge in [-0.1, -0.05) is 23.2 Å². The van der Waals surface area contributed by atoms with Crippen LogP contribution >= 0.6 is 23.2 Å². The topological polar surface area (TPSA) is 66.9 Å². The number of amides is 2. The van der Waals surface area contributed by atoms with Crippen molar-refractivity contribution in [2.24, 2.45) is 11.8 Å². The quantitative estimate of drug-likeness (QED) is 0.670. The highest BCUT2D eigenvalue weighted by atomic mass is 35.5. The maximum absolute atomic E-state index is 12.9. The van der Waals surface area contributed by atoms with Crippen LogP contribution in [0.25, 0.3) is 0 Å². The van der Waals surface area contributed by atoms with Crippen molar-refractivity contribution in [3.63, 3.8) is 0 Å². The predicted octanol–water partition coefficient (Wildman–Crippen LogP) is 3.65. The molecule has 0 bridgehead atoms. The average Bonchev–Trinajstić information content (AvgIpc) is 2.73. The van der Waals surface area contributed by atoms with Gasteiger partial charge in [0.15, 0.2) is 0 Å². The molecule has 8 heteroatoms. The van der Waals surface area contributed by atoms with E-state index in [1.807, 2.05) is 4.90 Å². The van der Waals surface area contributed by atoms with Gasteiger partial charge in [0.05, 0.1) is 23.1 Å². The molecule has 2 aliphatic rings. The van der Waals surface area contributed by atoms with E-state index in [-0.39, 0.29) is 29.6 Å². The van der Waals surface area contributed by atoms with E-state index in [4.69, 9.17) is 27.9 Å². The van der Waals surface area contributed by atoms with Gasteiger partial charge in [0, 0.05) is 37.1 Å². The van der Waals surface area contributed by atoms with Gasteiger partial charge in [-0.25, -0.2) is 0 Å². The zero-order valence-corrected chi connectivity index (χ0v) is 18.0. The lowest BCUT2D eigenvalue weighted by atomic mass is 9.92. The Labute approximate surface area is 181 Å². The fourth-order valence-corrected chi connectivity index (χ4v) is 4.51. The van der Waals surface area contributed by atoms with Crippen molar-refractivity contribution in [3.05, 3.63) is 33.8 Å². The molecule has 158 valence electrons. The number of halogens is 2. The largest absolute Gasteiger partial charge is 0.466 e. The molecular weight excluding hydrogens is 415 g/mol. The third-order valence-electron chi connectivity index (χ3n) is 5.72. The first-order chi connectivity index (χ1) is 13.9. The smallest absolute Gasteiger partial charge is 0.309 e. The Bertz CT molecular complexity index is 770. The number of esters is 1. The Morgan fingerprint density at radius 3 is 2.14 bits per heavy atom. The van der Waals surface area contributed by atoms with Crippen molar-refractivity contribution >= 4 is 41.0 Å². The summed E-state index contributed by atoms with van der Waals surface area (Å²) in [7, 11) is 0. The molecule has 2 heterocycles. The third-order valence-corrected chi connectivity index (χ3v) is 6.27. The maximum atomic E-state index is 12.9. The van der Waals surface area contributed by atoms with Gasteiger partial charge < -0.3 is 14.5 Å². The molecule has 2 fully saturated rings. The fraction of sp³-hybridized carbons (Fsp3) is 0.571. The molecular formula is C21H26Cl2N2O4. The first kappa shape index (κ1) is 21.9. The van der Waals surface area contributed by atoms with Crippen molar-refractivity contribution in [2.45, 2.75) is 32.6 Å². The van der Waals surface area contributed by atoms with Crippen LogP contribution in [0.5, 0.6) is 0 Å². The number of likely N-dealkylation sites (tertiary alicyclic amines) is 2. The summed E-state index contributed by atoms with van der Waals surface area (Å²) >= 11 is 12.1. The standard InChI is InChI=1S/C21H26Cl2N2O4/c1-2-29-21(28)15-7-11-24(12-8-15)19(26)14-5-9-25(10-6-14)20(27)17-4-3-16(22)13-18(17)23/h3-4,13-15H,2,5-12H2,1H3. The number of piperidine rings is 2. The van der Waals surface area contributed by atoms with Gasteiger partial charge in [0.25, 0.3) is 5.91 Å². The minimum atomic E-state index is -0.160. The van der Waals surface area contributed by atoms with E-state index in [1.54, 1.807) is 30.0 Å². The average molecular weight is 441 g/mol. The van der Waals surface area contributed by atoms with E-state index in [9.17, 15) is 14.4 Å². The van der Waals surface area contributed by atoms with Crippen molar-refractivity contribution < 1.29 is 19.1 Å². The van der Waals surface area contributed by atoms with Crippen LogP contribution in [0.15, 0.2) is 18.2 Å². The Morgan fingerprint density at radius 2 is 1.55 bits per heavy atom. The SMILES string of the molecule is CCOC(=O)C1CCN(C(=O)C2CCN(C(=O)c3ccc(Cl)cc3Cl)CC2)CC1. The molecule has 3 rings (SSSR count). The molecule has 2 saturated heterocycles. The summed E-state index contributed by atoms with van der Waals surface area (Å²) in [6.45, 7) is 4.40. The van der Waals surface area contributed by atoms with Crippen molar-refractivity contribution in [1.82, 2.24) is 9.80 Å². The second-order valence-corrected chi connectivity index (χ2v) is 8.39. The zero-order chi connectivity index (χ0) is 21.0. The number of hydrogen-bond donors (Lipinski definition) is 0. The number of carbonyl (C=O) groups excluding carboxylic acids is 3. The van der Waals surface area contributed by atoms with Crippen molar-refractivity contribution in [3.8, 4) is 0 Å². The molecule has 0 aromatic heterocycles. The Morgan fingerprint density at radius 1 is 0.966 bits per heavy atom. The fourth-order valence-electron chi connectivity index (χ4n) is 4.02. The van der Waals surface area contributed by atoms with Gasteiger partial charge >= 0.3 is 5.97 Å². The van der Waals surface area contributed by atoms with Crippen molar-refractivity contribution in [1.29, 1.82) is 0 Å². The molecule has 1 aromatic carbocycles. The van der Waals surface area contributed by atoms with Crippen LogP contribution in [-0.4, -0.2) is 60.4 Å². The summed E-state index contributed by atoms with van der Waals surface area (Å²) in [5.74, 6) is -0.356. The van der Waals surface area contributed by atoms with E-state index in [0.29, 0.717) is 74.1 Å². The van der Waals surface area contributed by atoms with E-state index in [0.717, 1.165) is 0 Å². The van der Waals surface area contributed by atoms with E-state index >= 15 is 0 Å². The second-order valence-electron chi connectivity index (χ2n) is 7.54. The molecule has 29 heavy (non-hydrogen) atoms. The molecule has 6 nitrogen and oxygen atoms in total. The number of hydrogen-bond acceptors (Lipinski definition) is 4. The summed E-state index contributed by atoms with van der Waals surface area (Å²) in [6.07, 6.45) is 2.56. The Kier molecular flexibility index (Phi) is 7.41. The highest BCUT2D eigenvalue weighted by molar-refractivity contribution is 6.36. The van der Waals surface area contributed by atoms with Crippen LogP contribution in [0.2, 0.25) is 10.0 Å². The first-order valence-electron chi connectivity index (χ1n) is 10.1. The molecule has 0 atom stereocenters. The molecule has 0 radical (unpaired) electrons.